The van der Waals surface area contributed by atoms with Crippen molar-refractivity contribution in [2.24, 2.45) is 17.3 Å². The van der Waals surface area contributed by atoms with Crippen LogP contribution in [0, 0.1) is 17.3 Å². The molecule has 2 aliphatic rings. The molecule has 1 aliphatic carbocycles. The van der Waals surface area contributed by atoms with Crippen molar-refractivity contribution in [1.29, 1.82) is 0 Å². The molecule has 1 saturated heterocycles. The lowest BCUT2D eigenvalue weighted by Gasteiger charge is -2.47. The first-order valence-electron chi connectivity index (χ1n) is 6.37. The molecule has 0 radical (unpaired) electrons. The average molecular weight is 211 g/mol. The quantitative estimate of drug-likeness (QED) is 0.756. The molecule has 0 aromatic rings. The van der Waals surface area contributed by atoms with E-state index in [1.54, 1.807) is 0 Å². The van der Waals surface area contributed by atoms with Gasteiger partial charge < -0.3 is 10.0 Å². The maximum atomic E-state index is 9.76. The molecule has 0 aromatic carbocycles. The van der Waals surface area contributed by atoms with E-state index in [-0.39, 0.29) is 6.10 Å². The normalized spacial score (nSPS) is 34.4. The fourth-order valence-electron chi connectivity index (χ4n) is 2.83. The molecule has 2 nitrogen and oxygen atoms in total. The van der Waals surface area contributed by atoms with Crippen LogP contribution in [-0.2, 0) is 0 Å². The predicted molar refractivity (Wildman–Crippen MR) is 62.7 cm³/mol. The van der Waals surface area contributed by atoms with Crippen LogP contribution >= 0.6 is 0 Å². The Morgan fingerprint density at radius 1 is 1.20 bits per heavy atom. The minimum absolute atomic E-state index is 0.0151. The van der Waals surface area contributed by atoms with E-state index in [9.17, 15) is 5.11 Å². The molecule has 1 aliphatic heterocycles. The van der Waals surface area contributed by atoms with Gasteiger partial charge >= 0.3 is 0 Å². The second kappa shape index (κ2) is 4.06. The SMILES string of the molecule is CC(C)(C)C1CN(CC2CCCC2O)C1. The van der Waals surface area contributed by atoms with Crippen molar-refractivity contribution < 1.29 is 5.11 Å². The molecule has 2 heteroatoms. The van der Waals surface area contributed by atoms with Gasteiger partial charge in [-0.15, -0.1) is 0 Å². The first kappa shape index (κ1) is 11.4. The number of rotatable bonds is 2. The average Bonchev–Trinajstić information content (AvgIpc) is 2.40. The van der Waals surface area contributed by atoms with Crippen molar-refractivity contribution in [1.82, 2.24) is 4.90 Å². The maximum absolute atomic E-state index is 9.76. The fraction of sp³-hybridized carbons (Fsp3) is 1.00. The van der Waals surface area contributed by atoms with Crippen LogP contribution in [0.4, 0.5) is 0 Å². The van der Waals surface area contributed by atoms with Crippen molar-refractivity contribution in [2.75, 3.05) is 19.6 Å². The number of aliphatic hydroxyl groups is 1. The molecule has 1 N–H and O–H groups in total. The van der Waals surface area contributed by atoms with Crippen molar-refractivity contribution >= 4 is 0 Å². The smallest absolute Gasteiger partial charge is 0.0580 e. The highest BCUT2D eigenvalue weighted by Gasteiger charge is 2.37. The third-order valence-electron chi connectivity index (χ3n) is 4.29. The van der Waals surface area contributed by atoms with Crippen molar-refractivity contribution in [3.63, 3.8) is 0 Å². The minimum atomic E-state index is -0.0151. The molecule has 0 aromatic heterocycles. The van der Waals surface area contributed by atoms with E-state index in [0.717, 1.165) is 18.9 Å². The molecular weight excluding hydrogens is 186 g/mol. The van der Waals surface area contributed by atoms with Gasteiger partial charge in [-0.3, -0.25) is 0 Å². The third kappa shape index (κ3) is 2.54. The van der Waals surface area contributed by atoms with E-state index in [4.69, 9.17) is 0 Å². The van der Waals surface area contributed by atoms with E-state index in [1.165, 1.54) is 25.9 Å². The standard InChI is InChI=1S/C13H25NO/c1-13(2,3)11-8-14(9-11)7-10-5-4-6-12(10)15/h10-12,15H,4-9H2,1-3H3. The number of likely N-dealkylation sites (tertiary alicyclic amines) is 1. The molecule has 15 heavy (non-hydrogen) atoms. The first-order valence-corrected chi connectivity index (χ1v) is 6.37. The van der Waals surface area contributed by atoms with Crippen LogP contribution in [0.5, 0.6) is 0 Å². The van der Waals surface area contributed by atoms with Crippen LogP contribution in [0.3, 0.4) is 0 Å². The molecule has 0 spiro atoms. The summed E-state index contributed by atoms with van der Waals surface area (Å²) >= 11 is 0. The molecule has 2 rings (SSSR count). The number of nitrogens with zero attached hydrogens (tertiary/aromatic N) is 1. The summed E-state index contributed by atoms with van der Waals surface area (Å²) in [7, 11) is 0. The number of aliphatic hydroxyl groups excluding tert-OH is 1. The summed E-state index contributed by atoms with van der Waals surface area (Å²) in [5.74, 6) is 1.42. The van der Waals surface area contributed by atoms with Crippen molar-refractivity contribution in [3.8, 4) is 0 Å². The van der Waals surface area contributed by atoms with Gasteiger partial charge in [-0.25, -0.2) is 0 Å². The lowest BCUT2D eigenvalue weighted by atomic mass is 9.75. The molecule has 2 unspecified atom stereocenters. The second-order valence-corrected chi connectivity index (χ2v) is 6.54. The zero-order valence-electron chi connectivity index (χ0n) is 10.4. The second-order valence-electron chi connectivity index (χ2n) is 6.54. The van der Waals surface area contributed by atoms with Crippen LogP contribution < -0.4 is 0 Å². The topological polar surface area (TPSA) is 23.5 Å². The maximum Gasteiger partial charge on any atom is 0.0580 e. The van der Waals surface area contributed by atoms with Crippen LogP contribution in [-0.4, -0.2) is 35.7 Å². The molecule has 1 saturated carbocycles. The Kier molecular flexibility index (Phi) is 3.09. The highest BCUT2D eigenvalue weighted by Crippen LogP contribution is 2.35. The van der Waals surface area contributed by atoms with E-state index in [1.807, 2.05) is 0 Å². The van der Waals surface area contributed by atoms with Crippen LogP contribution in [0.15, 0.2) is 0 Å². The van der Waals surface area contributed by atoms with Gasteiger partial charge in [0.05, 0.1) is 6.10 Å². The Bertz CT molecular complexity index is 215. The lowest BCUT2D eigenvalue weighted by molar-refractivity contribution is -0.000996. The number of hydrogen-bond donors (Lipinski definition) is 1. The molecule has 2 fully saturated rings. The van der Waals surface area contributed by atoms with Gasteiger partial charge in [0.1, 0.15) is 0 Å². The largest absolute Gasteiger partial charge is 0.393 e. The highest BCUT2D eigenvalue weighted by molar-refractivity contribution is 4.90. The molecular formula is C13H25NO. The lowest BCUT2D eigenvalue weighted by Crippen LogP contribution is -2.53. The predicted octanol–water partition coefficient (Wildman–Crippen LogP) is 2.13. The summed E-state index contributed by atoms with van der Waals surface area (Å²) in [6.07, 6.45) is 3.47. The molecule has 0 amide bonds. The third-order valence-corrected chi connectivity index (χ3v) is 4.29. The Balaban J connectivity index is 1.72. The van der Waals surface area contributed by atoms with Crippen molar-refractivity contribution in [2.45, 2.75) is 46.1 Å². The summed E-state index contributed by atoms with van der Waals surface area (Å²) in [5, 5.41) is 9.76. The van der Waals surface area contributed by atoms with E-state index < -0.39 is 0 Å². The van der Waals surface area contributed by atoms with Gasteiger partial charge in [0, 0.05) is 19.6 Å². The molecule has 1 heterocycles. The minimum Gasteiger partial charge on any atom is -0.393 e. The summed E-state index contributed by atoms with van der Waals surface area (Å²) in [6.45, 7) is 10.6. The van der Waals surface area contributed by atoms with Crippen LogP contribution in [0.2, 0.25) is 0 Å². The fourth-order valence-corrected chi connectivity index (χ4v) is 2.83. The zero-order valence-corrected chi connectivity index (χ0v) is 10.4. The summed E-state index contributed by atoms with van der Waals surface area (Å²) < 4.78 is 0. The van der Waals surface area contributed by atoms with Gasteiger partial charge in [-0.2, -0.15) is 0 Å². The summed E-state index contributed by atoms with van der Waals surface area (Å²) in [5.41, 5.74) is 0.463. The van der Waals surface area contributed by atoms with E-state index in [2.05, 4.69) is 25.7 Å². The Morgan fingerprint density at radius 2 is 1.87 bits per heavy atom. The first-order chi connectivity index (χ1) is 6.97. The summed E-state index contributed by atoms with van der Waals surface area (Å²) in [6, 6.07) is 0. The van der Waals surface area contributed by atoms with Gasteiger partial charge in [-0.1, -0.05) is 27.2 Å². The van der Waals surface area contributed by atoms with Gasteiger partial charge in [0.15, 0.2) is 0 Å². The van der Waals surface area contributed by atoms with Crippen LogP contribution in [0.1, 0.15) is 40.0 Å². The monoisotopic (exact) mass is 211 g/mol. The Morgan fingerprint density at radius 3 is 2.33 bits per heavy atom. The Labute approximate surface area is 93.7 Å². The molecule has 0 bridgehead atoms. The van der Waals surface area contributed by atoms with Gasteiger partial charge in [-0.05, 0) is 30.1 Å². The summed E-state index contributed by atoms with van der Waals surface area (Å²) in [4.78, 5) is 2.52. The zero-order chi connectivity index (χ0) is 11.1. The number of hydrogen-bond acceptors (Lipinski definition) is 2. The Hall–Kier alpha value is -0.0800. The van der Waals surface area contributed by atoms with E-state index in [0.29, 0.717) is 11.3 Å². The van der Waals surface area contributed by atoms with Crippen LogP contribution in [0.25, 0.3) is 0 Å². The molecule has 88 valence electrons. The van der Waals surface area contributed by atoms with E-state index >= 15 is 0 Å². The van der Waals surface area contributed by atoms with Crippen molar-refractivity contribution in [3.05, 3.63) is 0 Å². The highest BCUT2D eigenvalue weighted by atomic mass is 16.3. The van der Waals surface area contributed by atoms with Gasteiger partial charge in [0.2, 0.25) is 0 Å². The van der Waals surface area contributed by atoms with Gasteiger partial charge in [0.25, 0.3) is 0 Å². The molecule has 2 atom stereocenters.